The number of carbonyl (C=O) groups is 2. The Kier molecular flexibility index (Phi) is 4.23. The molecule has 4 heteroatoms. The van der Waals surface area contributed by atoms with Crippen molar-refractivity contribution < 1.29 is 14.3 Å². The van der Waals surface area contributed by atoms with Gasteiger partial charge in [-0.2, -0.15) is 0 Å². The summed E-state index contributed by atoms with van der Waals surface area (Å²) in [5, 5.41) is -1.04. The molecule has 0 N–H and O–H groups in total. The number of rotatable bonds is 4. The number of alkyl halides is 1. The molecule has 0 heterocycles. The van der Waals surface area contributed by atoms with Gasteiger partial charge in [-0.15, -0.1) is 11.6 Å². The SMILES string of the molecule is COCC(=O)C(Cl)C(C)=O. The molecule has 0 aromatic heterocycles. The minimum atomic E-state index is -1.04. The summed E-state index contributed by atoms with van der Waals surface area (Å²) in [6.45, 7) is 1.17. The molecule has 0 fully saturated rings. The fourth-order valence-electron chi connectivity index (χ4n) is 0.442. The zero-order valence-electron chi connectivity index (χ0n) is 5.89. The van der Waals surface area contributed by atoms with Crippen LogP contribution in [0.4, 0.5) is 0 Å². The van der Waals surface area contributed by atoms with E-state index in [0.29, 0.717) is 0 Å². The molecule has 1 unspecified atom stereocenters. The van der Waals surface area contributed by atoms with Crippen LogP contribution in [0.5, 0.6) is 0 Å². The molecule has 0 rings (SSSR count). The first kappa shape index (κ1) is 9.59. The van der Waals surface area contributed by atoms with Crippen LogP contribution in [0.3, 0.4) is 0 Å². The first-order chi connectivity index (χ1) is 4.59. The van der Waals surface area contributed by atoms with Gasteiger partial charge in [-0.05, 0) is 6.92 Å². The molecular formula is C6H9ClO3. The molecule has 0 aromatic rings. The summed E-state index contributed by atoms with van der Waals surface area (Å²) in [4.78, 5) is 21.2. The Balaban J connectivity index is 3.82. The molecule has 58 valence electrons. The first-order valence-corrected chi connectivity index (χ1v) is 3.19. The highest BCUT2D eigenvalue weighted by Gasteiger charge is 2.18. The molecule has 10 heavy (non-hydrogen) atoms. The Morgan fingerprint density at radius 2 is 2.10 bits per heavy atom. The first-order valence-electron chi connectivity index (χ1n) is 2.75. The van der Waals surface area contributed by atoms with Gasteiger partial charge >= 0.3 is 0 Å². The van der Waals surface area contributed by atoms with Crippen LogP contribution in [0.15, 0.2) is 0 Å². The molecule has 0 aliphatic heterocycles. The van der Waals surface area contributed by atoms with E-state index in [1.165, 1.54) is 14.0 Å². The van der Waals surface area contributed by atoms with Crippen molar-refractivity contribution in [3.8, 4) is 0 Å². The monoisotopic (exact) mass is 164 g/mol. The summed E-state index contributed by atoms with van der Waals surface area (Å²) in [6.07, 6.45) is 0. The van der Waals surface area contributed by atoms with Crippen molar-refractivity contribution in [1.82, 2.24) is 0 Å². The third-order valence-electron chi connectivity index (χ3n) is 0.926. The molecule has 0 bridgehead atoms. The highest BCUT2D eigenvalue weighted by molar-refractivity contribution is 6.42. The number of carbonyl (C=O) groups excluding carboxylic acids is 2. The summed E-state index contributed by atoms with van der Waals surface area (Å²) in [5.74, 6) is -0.736. The van der Waals surface area contributed by atoms with Gasteiger partial charge in [-0.1, -0.05) is 0 Å². The van der Waals surface area contributed by atoms with Crippen molar-refractivity contribution in [2.45, 2.75) is 12.3 Å². The van der Waals surface area contributed by atoms with E-state index in [2.05, 4.69) is 4.74 Å². The van der Waals surface area contributed by atoms with Crippen LogP contribution < -0.4 is 0 Å². The molecule has 0 radical (unpaired) electrons. The minimum absolute atomic E-state index is 0.103. The normalized spacial score (nSPS) is 12.7. The van der Waals surface area contributed by atoms with Gasteiger partial charge in [0.05, 0.1) is 0 Å². The third-order valence-corrected chi connectivity index (χ3v) is 1.48. The lowest BCUT2D eigenvalue weighted by molar-refractivity contribution is -0.127. The van der Waals surface area contributed by atoms with Gasteiger partial charge in [-0.3, -0.25) is 9.59 Å². The maximum Gasteiger partial charge on any atom is 0.183 e. The highest BCUT2D eigenvalue weighted by Crippen LogP contribution is 1.98. The average molecular weight is 165 g/mol. The van der Waals surface area contributed by atoms with Crippen molar-refractivity contribution in [2.75, 3.05) is 13.7 Å². The predicted molar refractivity (Wildman–Crippen MR) is 37.2 cm³/mol. The Hall–Kier alpha value is -0.410. The van der Waals surface area contributed by atoms with E-state index < -0.39 is 11.2 Å². The van der Waals surface area contributed by atoms with E-state index in [1.807, 2.05) is 0 Å². The van der Waals surface area contributed by atoms with E-state index >= 15 is 0 Å². The number of halogens is 1. The molecule has 0 amide bonds. The van der Waals surface area contributed by atoms with Crippen molar-refractivity contribution >= 4 is 23.2 Å². The number of Topliss-reactive ketones (excluding diaryl/α,β-unsaturated/α-hetero) is 2. The van der Waals surface area contributed by atoms with Crippen molar-refractivity contribution in [3.63, 3.8) is 0 Å². The van der Waals surface area contributed by atoms with Crippen LogP contribution in [0.25, 0.3) is 0 Å². The zero-order valence-corrected chi connectivity index (χ0v) is 6.64. The molecule has 0 aliphatic rings. The van der Waals surface area contributed by atoms with Gasteiger partial charge in [0.1, 0.15) is 6.61 Å². The van der Waals surface area contributed by atoms with Crippen LogP contribution in [0, 0.1) is 0 Å². The summed E-state index contributed by atoms with van der Waals surface area (Å²) in [5.41, 5.74) is 0. The van der Waals surface area contributed by atoms with E-state index in [4.69, 9.17) is 11.6 Å². The number of ether oxygens (including phenoxy) is 1. The fourth-order valence-corrected chi connectivity index (χ4v) is 0.505. The molecule has 0 saturated heterocycles. The van der Waals surface area contributed by atoms with Gasteiger partial charge in [0.15, 0.2) is 16.9 Å². The largest absolute Gasteiger partial charge is 0.377 e. The van der Waals surface area contributed by atoms with E-state index in [0.717, 1.165) is 0 Å². The predicted octanol–water partition coefficient (Wildman–Crippen LogP) is 0.398. The Morgan fingerprint density at radius 1 is 1.60 bits per heavy atom. The number of methoxy groups -OCH3 is 1. The lowest BCUT2D eigenvalue weighted by Gasteiger charge is -2.01. The number of hydrogen-bond donors (Lipinski definition) is 0. The maximum absolute atomic E-state index is 10.7. The topological polar surface area (TPSA) is 43.4 Å². The van der Waals surface area contributed by atoms with E-state index in [-0.39, 0.29) is 12.4 Å². The summed E-state index contributed by atoms with van der Waals surface area (Å²) in [7, 11) is 1.38. The molecule has 3 nitrogen and oxygen atoms in total. The molecule has 0 aromatic carbocycles. The van der Waals surface area contributed by atoms with Crippen molar-refractivity contribution in [1.29, 1.82) is 0 Å². The summed E-state index contributed by atoms with van der Waals surface area (Å²) in [6, 6.07) is 0. The van der Waals surface area contributed by atoms with Crippen LogP contribution in [0.2, 0.25) is 0 Å². The molecular weight excluding hydrogens is 156 g/mol. The average Bonchev–Trinajstić information content (AvgIpc) is 1.87. The fraction of sp³-hybridized carbons (Fsp3) is 0.667. The van der Waals surface area contributed by atoms with Crippen molar-refractivity contribution in [2.24, 2.45) is 0 Å². The zero-order chi connectivity index (χ0) is 8.15. The Bertz CT molecular complexity index is 144. The van der Waals surface area contributed by atoms with Crippen molar-refractivity contribution in [3.05, 3.63) is 0 Å². The second kappa shape index (κ2) is 4.41. The van der Waals surface area contributed by atoms with Gasteiger partial charge in [0, 0.05) is 7.11 Å². The van der Waals surface area contributed by atoms with E-state index in [1.54, 1.807) is 0 Å². The van der Waals surface area contributed by atoms with Gasteiger partial charge in [-0.25, -0.2) is 0 Å². The lowest BCUT2D eigenvalue weighted by atomic mass is 10.2. The Labute approximate surface area is 64.3 Å². The molecule has 0 spiro atoms. The standard InChI is InChI=1S/C6H9ClO3/c1-4(8)6(7)5(9)3-10-2/h6H,3H2,1-2H3. The minimum Gasteiger partial charge on any atom is -0.377 e. The van der Waals surface area contributed by atoms with Gasteiger partial charge in [0.25, 0.3) is 0 Å². The highest BCUT2D eigenvalue weighted by atomic mass is 35.5. The van der Waals surface area contributed by atoms with Crippen LogP contribution >= 0.6 is 11.6 Å². The summed E-state index contributed by atoms with van der Waals surface area (Å²) < 4.78 is 4.49. The van der Waals surface area contributed by atoms with E-state index in [9.17, 15) is 9.59 Å². The lowest BCUT2D eigenvalue weighted by Crippen LogP contribution is -2.25. The molecule has 0 saturated carbocycles. The quantitative estimate of drug-likeness (QED) is 0.446. The molecule has 1 atom stereocenters. The van der Waals surface area contributed by atoms with Gasteiger partial charge in [0.2, 0.25) is 0 Å². The van der Waals surface area contributed by atoms with Gasteiger partial charge < -0.3 is 4.74 Å². The smallest absolute Gasteiger partial charge is 0.183 e. The number of ketones is 2. The number of hydrogen-bond acceptors (Lipinski definition) is 3. The second-order valence-corrected chi connectivity index (χ2v) is 2.31. The van der Waals surface area contributed by atoms with Crippen LogP contribution in [0.1, 0.15) is 6.92 Å². The Morgan fingerprint density at radius 3 is 2.40 bits per heavy atom. The second-order valence-electron chi connectivity index (χ2n) is 1.87. The molecule has 0 aliphatic carbocycles. The third kappa shape index (κ3) is 2.94. The van der Waals surface area contributed by atoms with Crippen LogP contribution in [-0.4, -0.2) is 30.7 Å². The maximum atomic E-state index is 10.7. The summed E-state index contributed by atoms with van der Waals surface area (Å²) >= 11 is 5.37. The van der Waals surface area contributed by atoms with Crippen LogP contribution in [-0.2, 0) is 14.3 Å².